The number of rotatable bonds is 4. The lowest BCUT2D eigenvalue weighted by atomic mass is 9.66. The van der Waals surface area contributed by atoms with E-state index in [1.807, 2.05) is 0 Å². The fraction of sp³-hybridized carbons (Fsp3) is 0.667. The molecule has 2 bridgehead atoms. The molecule has 0 radical (unpaired) electrons. The molecule has 1 saturated heterocycles. The third-order valence-corrected chi connectivity index (χ3v) is 5.75. The first-order valence-electron chi connectivity index (χ1n) is 8.58. The number of hydrogen-bond donors (Lipinski definition) is 0. The summed E-state index contributed by atoms with van der Waals surface area (Å²) in [4.78, 5) is 49.1. The number of fused-ring (bicyclic) bond motifs is 4. The normalized spacial score (nSPS) is 33.9. The number of hydrogen-bond acceptors (Lipinski definition) is 9. The highest BCUT2D eigenvalue weighted by molar-refractivity contribution is 5.87. The van der Waals surface area contributed by atoms with Gasteiger partial charge in [-0.2, -0.15) is 0 Å². The number of ether oxygens (including phenoxy) is 5. The van der Waals surface area contributed by atoms with E-state index in [1.165, 1.54) is 28.4 Å². The van der Waals surface area contributed by atoms with Gasteiger partial charge < -0.3 is 23.7 Å². The monoisotopic (exact) mass is 382 g/mol. The summed E-state index contributed by atoms with van der Waals surface area (Å²) in [6.07, 6.45) is -0.978. The topological polar surface area (TPSA) is 114 Å². The van der Waals surface area contributed by atoms with Crippen LogP contribution in [-0.4, -0.2) is 64.5 Å². The van der Waals surface area contributed by atoms with E-state index >= 15 is 0 Å². The van der Waals surface area contributed by atoms with Crippen LogP contribution in [0.4, 0.5) is 0 Å². The summed E-state index contributed by atoms with van der Waals surface area (Å²) in [6, 6.07) is 0. The third-order valence-electron chi connectivity index (χ3n) is 5.75. The minimum Gasteiger partial charge on any atom is -0.469 e. The van der Waals surface area contributed by atoms with Crippen LogP contribution >= 0.6 is 0 Å². The summed E-state index contributed by atoms with van der Waals surface area (Å²) >= 11 is 0. The van der Waals surface area contributed by atoms with Gasteiger partial charge in [0.25, 0.3) is 0 Å². The quantitative estimate of drug-likeness (QED) is 0.377. The van der Waals surface area contributed by atoms with Crippen LogP contribution < -0.4 is 0 Å². The van der Waals surface area contributed by atoms with Gasteiger partial charge in [-0.1, -0.05) is 0 Å². The van der Waals surface area contributed by atoms with Gasteiger partial charge in [-0.05, 0) is 24.0 Å². The van der Waals surface area contributed by atoms with Gasteiger partial charge in [-0.3, -0.25) is 19.2 Å². The lowest BCUT2D eigenvalue weighted by Crippen LogP contribution is -2.45. The Morgan fingerprint density at radius 3 is 1.30 bits per heavy atom. The third kappa shape index (κ3) is 2.90. The second-order valence-corrected chi connectivity index (χ2v) is 6.79. The molecule has 0 spiro atoms. The molecular formula is C18H22O9. The molecule has 27 heavy (non-hydrogen) atoms. The number of carbonyl (C=O) groups excluding carboxylic acids is 4. The number of methoxy groups -OCH3 is 4. The van der Waals surface area contributed by atoms with E-state index in [1.54, 1.807) is 0 Å². The Kier molecular flexibility index (Phi) is 5.23. The van der Waals surface area contributed by atoms with Crippen LogP contribution in [0.5, 0.6) is 0 Å². The Balaban J connectivity index is 2.00. The summed E-state index contributed by atoms with van der Waals surface area (Å²) in [5, 5.41) is 0. The van der Waals surface area contributed by atoms with Gasteiger partial charge in [-0.15, -0.1) is 0 Å². The highest BCUT2D eigenvalue weighted by Crippen LogP contribution is 2.54. The molecule has 3 rings (SSSR count). The molecule has 0 aromatic heterocycles. The Morgan fingerprint density at radius 2 is 1.00 bits per heavy atom. The smallest absolute Gasteiger partial charge is 0.312 e. The molecule has 0 aromatic rings. The molecule has 1 aliphatic carbocycles. The maximum absolute atomic E-state index is 12.3. The van der Waals surface area contributed by atoms with Gasteiger partial charge in [0.1, 0.15) is 11.8 Å². The molecule has 2 heterocycles. The van der Waals surface area contributed by atoms with Gasteiger partial charge in [0.05, 0.1) is 52.5 Å². The Hall–Kier alpha value is -2.42. The van der Waals surface area contributed by atoms with Crippen molar-refractivity contribution in [1.82, 2.24) is 0 Å². The van der Waals surface area contributed by atoms with Crippen molar-refractivity contribution in [3.8, 4) is 0 Å². The zero-order valence-corrected chi connectivity index (χ0v) is 15.6. The predicted molar refractivity (Wildman–Crippen MR) is 86.9 cm³/mol. The van der Waals surface area contributed by atoms with Gasteiger partial charge >= 0.3 is 23.9 Å². The van der Waals surface area contributed by atoms with Crippen molar-refractivity contribution in [2.45, 2.75) is 25.0 Å². The number of carbonyl (C=O) groups is 4. The lowest BCUT2D eigenvalue weighted by molar-refractivity contribution is -0.159. The molecule has 0 aromatic carbocycles. The molecule has 3 aliphatic rings. The van der Waals surface area contributed by atoms with Crippen molar-refractivity contribution in [2.75, 3.05) is 28.4 Å². The standard InChI is InChI=1S/C18H22O9/c1-23-15(19)9-5-7-8(6-10(9)16(20)24-2)14-12(18(22)26-4)11(13(7)27-14)17(21)25-3/h9-14H,5-6H2,1-4H3. The molecule has 0 saturated carbocycles. The van der Waals surface area contributed by atoms with Crippen molar-refractivity contribution in [3.63, 3.8) is 0 Å². The summed E-state index contributed by atoms with van der Waals surface area (Å²) in [5.74, 6) is -5.38. The lowest BCUT2D eigenvalue weighted by Gasteiger charge is -2.35. The van der Waals surface area contributed by atoms with Crippen LogP contribution in [0.3, 0.4) is 0 Å². The molecule has 9 heteroatoms. The van der Waals surface area contributed by atoms with Gasteiger partial charge in [0, 0.05) is 0 Å². The molecule has 6 atom stereocenters. The zero-order chi connectivity index (χ0) is 19.9. The van der Waals surface area contributed by atoms with E-state index < -0.39 is 59.8 Å². The predicted octanol–water partition coefficient (Wildman–Crippen LogP) is 0.0146. The average molecular weight is 382 g/mol. The van der Waals surface area contributed by atoms with Gasteiger partial charge in [-0.25, -0.2) is 0 Å². The van der Waals surface area contributed by atoms with Crippen molar-refractivity contribution >= 4 is 23.9 Å². The SMILES string of the molecule is COC(=O)C1CC2=C(CC1C(=O)OC)C1OC2C(C(=O)OC)C1C(=O)OC. The first kappa shape index (κ1) is 19.3. The molecule has 6 unspecified atom stereocenters. The van der Waals surface area contributed by atoms with E-state index in [0.29, 0.717) is 0 Å². The van der Waals surface area contributed by atoms with Gasteiger partial charge in [0.2, 0.25) is 0 Å². The highest BCUT2D eigenvalue weighted by atomic mass is 16.6. The fourth-order valence-electron chi connectivity index (χ4n) is 4.53. The maximum Gasteiger partial charge on any atom is 0.312 e. The van der Waals surface area contributed by atoms with E-state index in [2.05, 4.69) is 0 Å². The van der Waals surface area contributed by atoms with Crippen LogP contribution in [-0.2, 0) is 42.9 Å². The summed E-state index contributed by atoms with van der Waals surface area (Å²) in [5.41, 5.74) is 1.51. The van der Waals surface area contributed by atoms with Crippen LogP contribution in [0.15, 0.2) is 11.1 Å². The van der Waals surface area contributed by atoms with E-state index in [4.69, 9.17) is 23.7 Å². The first-order chi connectivity index (χ1) is 12.9. The Bertz CT molecular complexity index is 652. The molecule has 9 nitrogen and oxygen atoms in total. The molecule has 0 amide bonds. The largest absolute Gasteiger partial charge is 0.469 e. The Labute approximate surface area is 155 Å². The minimum atomic E-state index is -0.848. The molecular weight excluding hydrogens is 360 g/mol. The minimum absolute atomic E-state index is 0.199. The van der Waals surface area contributed by atoms with E-state index in [-0.39, 0.29) is 12.8 Å². The van der Waals surface area contributed by atoms with E-state index in [9.17, 15) is 19.2 Å². The van der Waals surface area contributed by atoms with E-state index in [0.717, 1.165) is 11.1 Å². The van der Waals surface area contributed by atoms with Crippen LogP contribution in [0, 0.1) is 23.7 Å². The highest BCUT2D eigenvalue weighted by Gasteiger charge is 2.62. The average Bonchev–Trinajstić information content (AvgIpc) is 3.26. The second kappa shape index (κ2) is 7.30. The fourth-order valence-corrected chi connectivity index (χ4v) is 4.53. The maximum atomic E-state index is 12.3. The van der Waals surface area contributed by atoms with Crippen LogP contribution in [0.25, 0.3) is 0 Å². The number of esters is 4. The van der Waals surface area contributed by atoms with Crippen molar-refractivity contribution in [2.24, 2.45) is 23.7 Å². The molecule has 0 N–H and O–H groups in total. The van der Waals surface area contributed by atoms with Crippen molar-refractivity contribution in [3.05, 3.63) is 11.1 Å². The summed E-state index contributed by atoms with van der Waals surface area (Å²) in [6.45, 7) is 0. The van der Waals surface area contributed by atoms with Crippen LogP contribution in [0.2, 0.25) is 0 Å². The molecule has 2 aliphatic heterocycles. The zero-order valence-electron chi connectivity index (χ0n) is 15.6. The van der Waals surface area contributed by atoms with Crippen molar-refractivity contribution < 1.29 is 42.9 Å². The molecule has 148 valence electrons. The summed E-state index contributed by atoms with van der Waals surface area (Å²) < 4.78 is 25.3. The molecule has 1 fully saturated rings. The summed E-state index contributed by atoms with van der Waals surface area (Å²) in [7, 11) is 4.98. The second-order valence-electron chi connectivity index (χ2n) is 6.79. The van der Waals surface area contributed by atoms with Crippen LogP contribution in [0.1, 0.15) is 12.8 Å². The van der Waals surface area contributed by atoms with Crippen molar-refractivity contribution in [1.29, 1.82) is 0 Å². The Morgan fingerprint density at radius 1 is 0.667 bits per heavy atom. The van der Waals surface area contributed by atoms with Gasteiger partial charge in [0.15, 0.2) is 0 Å². The first-order valence-corrected chi connectivity index (χ1v) is 8.58.